The van der Waals surface area contributed by atoms with E-state index in [2.05, 4.69) is 27.8 Å². The van der Waals surface area contributed by atoms with Crippen molar-refractivity contribution in [2.24, 2.45) is 0 Å². The maximum Gasteiger partial charge on any atom is 0.379 e. The van der Waals surface area contributed by atoms with Gasteiger partial charge in [0.15, 0.2) is 0 Å². The van der Waals surface area contributed by atoms with Crippen molar-refractivity contribution in [3.8, 4) is 11.8 Å². The molecule has 52 heavy (non-hydrogen) atoms. The van der Waals surface area contributed by atoms with Crippen molar-refractivity contribution in [2.45, 2.75) is 194 Å². The maximum atomic E-state index is 12.8. The zero-order chi connectivity index (χ0) is 37.4. The number of esters is 1. The second-order valence-electron chi connectivity index (χ2n) is 14.2. The summed E-state index contributed by atoms with van der Waals surface area (Å²) in [6, 6.07) is 7.26. The van der Waals surface area contributed by atoms with Crippen LogP contribution in [0.25, 0.3) is 11.0 Å². The van der Waals surface area contributed by atoms with Gasteiger partial charge in [0.1, 0.15) is 0 Å². The smallest absolute Gasteiger partial charge is 0.379 e. The third kappa shape index (κ3) is 25.1. The van der Waals surface area contributed by atoms with Crippen LogP contribution in [0.2, 0.25) is 0 Å². The van der Waals surface area contributed by atoms with Gasteiger partial charge in [0.2, 0.25) is 0 Å². The molecule has 0 aliphatic heterocycles. The van der Waals surface area contributed by atoms with Crippen molar-refractivity contribution in [2.75, 3.05) is 11.0 Å². The average molecular weight is 875 g/mol. The van der Waals surface area contributed by atoms with Gasteiger partial charge in [0.25, 0.3) is 11.8 Å². The van der Waals surface area contributed by atoms with Gasteiger partial charge in [0.05, 0.1) is 17.6 Å². The van der Waals surface area contributed by atoms with E-state index in [1.807, 2.05) is 12.1 Å². The number of alkyl halides is 1. The van der Waals surface area contributed by atoms with Crippen LogP contribution in [0.1, 0.15) is 194 Å². The number of carbonyl (C=O) groups excluding carboxylic acids is 1. The Labute approximate surface area is 332 Å². The van der Waals surface area contributed by atoms with Gasteiger partial charge < -0.3 is 14.2 Å². The minimum Gasteiger partial charge on any atom is -0.402 e. The first-order chi connectivity index (χ1) is 25.4. The number of halogens is 1. The number of carbonyl (C=O) groups is 1. The number of hydrogen-bond donors (Lipinski definition) is 1. The van der Waals surface area contributed by atoms with Crippen LogP contribution in [0.3, 0.4) is 0 Å². The van der Waals surface area contributed by atoms with Crippen molar-refractivity contribution in [1.29, 1.82) is 0 Å². The molecule has 1 atom stereocenters. The minimum absolute atomic E-state index is 0.0773. The first kappa shape index (κ1) is 47.2. The van der Waals surface area contributed by atoms with Crippen molar-refractivity contribution in [1.82, 2.24) is 9.97 Å². The molecule has 0 spiro atoms. The molecule has 0 fully saturated rings. The molecule has 0 saturated carbocycles. The summed E-state index contributed by atoms with van der Waals surface area (Å²) in [5.41, 5.74) is 1.12. The normalized spacial score (nSPS) is 13.0. The fourth-order valence-corrected chi connectivity index (χ4v) is 9.66. The van der Waals surface area contributed by atoms with Gasteiger partial charge in [-0.2, -0.15) is 0 Å². The minimum atomic E-state index is -3.66. The van der Waals surface area contributed by atoms with Crippen LogP contribution in [-0.4, -0.2) is 35.9 Å². The lowest BCUT2D eigenvalue weighted by atomic mass is 10.0. The highest BCUT2D eigenvalue weighted by molar-refractivity contribution is 14.2. The molecule has 0 aliphatic carbocycles. The van der Waals surface area contributed by atoms with E-state index >= 15 is 0 Å². The van der Waals surface area contributed by atoms with Crippen molar-refractivity contribution >= 4 is 60.3 Å². The maximum absolute atomic E-state index is 12.8. The van der Waals surface area contributed by atoms with Crippen molar-refractivity contribution < 1.29 is 23.5 Å². The molecular weight excluding hydrogens is 802 g/mol. The van der Waals surface area contributed by atoms with Gasteiger partial charge in [-0.05, 0) is 48.7 Å². The number of ether oxygens (including phenoxy) is 1. The molecule has 0 bridgehead atoms. The molecule has 0 radical (unpaired) electrons. The van der Waals surface area contributed by atoms with E-state index in [1.54, 1.807) is 12.1 Å². The van der Waals surface area contributed by atoms with E-state index in [-0.39, 0.29) is 32.5 Å². The number of hydrogen-bond acceptors (Lipinski definition) is 7. The van der Waals surface area contributed by atoms with Crippen LogP contribution in [0.5, 0.6) is 11.8 Å². The third-order valence-corrected chi connectivity index (χ3v) is 13.4. The van der Waals surface area contributed by atoms with Crippen LogP contribution in [0.4, 0.5) is 0 Å². The fraction of sp³-hybridized carbons (Fsp3) is 0.762. The first-order valence-corrected chi connectivity index (χ1v) is 26.3. The molecule has 1 heterocycles. The van der Waals surface area contributed by atoms with E-state index in [4.69, 9.17) is 25.6 Å². The Morgan fingerprint density at radius 2 is 1.13 bits per heavy atom. The number of rotatable bonds is 35. The molecule has 2 rings (SSSR count). The number of nitrogens with zero attached hydrogens (tertiary/aromatic N) is 2. The van der Waals surface area contributed by atoms with E-state index in [0.29, 0.717) is 24.1 Å². The van der Waals surface area contributed by atoms with Crippen LogP contribution in [0.15, 0.2) is 24.3 Å². The summed E-state index contributed by atoms with van der Waals surface area (Å²) in [4.78, 5) is 32.6. The monoisotopic (exact) mass is 874 g/mol. The highest BCUT2D eigenvalue weighted by Gasteiger charge is 2.24. The molecule has 10 heteroatoms. The van der Waals surface area contributed by atoms with Crippen molar-refractivity contribution in [3.63, 3.8) is 0 Å². The Morgan fingerprint density at radius 1 is 0.673 bits per heavy atom. The second-order valence-corrected chi connectivity index (χ2v) is 19.8. The Balaban J connectivity index is 1.62. The Bertz CT molecular complexity index is 1270. The van der Waals surface area contributed by atoms with Gasteiger partial charge >= 0.3 is 12.7 Å². The Hall–Kier alpha value is -1.00. The Morgan fingerprint density at radius 3 is 1.65 bits per heavy atom. The van der Waals surface area contributed by atoms with Gasteiger partial charge in [-0.1, -0.05) is 171 Å². The number of unbranched alkanes of at least 4 members (excludes halogenated alkanes) is 24. The highest BCUT2D eigenvalue weighted by Crippen LogP contribution is 2.46. The highest BCUT2D eigenvalue weighted by atomic mass is 127. The van der Waals surface area contributed by atoms with Gasteiger partial charge in [0, 0.05) is 18.2 Å². The third-order valence-electron chi connectivity index (χ3n) is 9.32. The van der Waals surface area contributed by atoms with E-state index in [1.165, 1.54) is 146 Å². The lowest BCUT2D eigenvalue weighted by Gasteiger charge is -2.17. The van der Waals surface area contributed by atoms with Crippen LogP contribution in [-0.2, 0) is 21.1 Å². The molecule has 1 unspecified atom stereocenters. The number of benzene rings is 1. The molecule has 7 nitrogen and oxygen atoms in total. The van der Waals surface area contributed by atoms with Gasteiger partial charge in [-0.3, -0.25) is 9.32 Å². The molecule has 2 aromatic rings. The summed E-state index contributed by atoms with van der Waals surface area (Å²) in [6.07, 6.45) is 34.8. The predicted octanol–water partition coefficient (Wildman–Crippen LogP) is 13.9. The lowest BCUT2D eigenvalue weighted by Crippen LogP contribution is -2.11. The SMILES string of the molecule is CCCCCCCCCCCCC=ICCCCC(=O)Oc1nc2ccccc2nc1OP(O)(=S)OCCCCCCCCCCCCCCCC. The van der Waals surface area contributed by atoms with Crippen molar-refractivity contribution in [3.05, 3.63) is 24.3 Å². The number of para-hydroxylation sites is 2. The number of aromatic nitrogens is 2. The van der Waals surface area contributed by atoms with Crippen LogP contribution >= 0.6 is 27.4 Å². The zero-order valence-corrected chi connectivity index (χ0v) is 36.7. The average Bonchev–Trinajstić information content (AvgIpc) is 3.13. The zero-order valence-electron chi connectivity index (χ0n) is 32.8. The molecule has 0 saturated heterocycles. The second kappa shape index (κ2) is 32.3. The molecule has 0 aliphatic rings. The van der Waals surface area contributed by atoms with Crippen LogP contribution < -0.4 is 9.26 Å². The summed E-state index contributed by atoms with van der Waals surface area (Å²) >= 11 is 5.39. The van der Waals surface area contributed by atoms with Gasteiger partial charge in [-0.25, -0.2) is 9.97 Å². The predicted molar refractivity (Wildman–Crippen MR) is 234 cm³/mol. The lowest BCUT2D eigenvalue weighted by molar-refractivity contribution is -0.134. The summed E-state index contributed by atoms with van der Waals surface area (Å²) in [5.74, 6) is -0.577. The standard InChI is InChI=1S/C42H72IN2O5PS/c1-3-5-7-9-11-13-15-16-17-19-21-23-25-31-37-48-51(47,52)50-42-41(44-38-32-26-27-33-39(38)45-42)49-40(46)34-28-30-36-43-35-29-24-22-20-18-14-12-10-8-6-4-2/h26-27,32-33,35H,3-25,28-31,34,36-37H2,1-2H3,(H,47,52). The molecule has 1 aromatic heterocycles. The topological polar surface area (TPSA) is 90.8 Å². The quantitative estimate of drug-likeness (QED) is 0.0241. The molecular formula is C42H72IN2O5PS. The molecule has 1 aromatic carbocycles. The summed E-state index contributed by atoms with van der Waals surface area (Å²) < 4.78 is 20.6. The van der Waals surface area contributed by atoms with E-state index < -0.39 is 12.7 Å². The molecule has 298 valence electrons. The summed E-state index contributed by atoms with van der Waals surface area (Å²) in [5, 5.41) is 0. The first-order valence-electron chi connectivity index (χ1n) is 21.0. The van der Waals surface area contributed by atoms with E-state index in [0.717, 1.165) is 32.1 Å². The van der Waals surface area contributed by atoms with Crippen LogP contribution in [0, 0.1) is 0 Å². The van der Waals surface area contributed by atoms with E-state index in [9.17, 15) is 9.69 Å². The molecule has 1 N–H and O–H groups in total. The molecule has 0 amide bonds. The Kier molecular flexibility index (Phi) is 29.3. The largest absolute Gasteiger partial charge is 0.402 e. The number of fused-ring (bicyclic) bond motifs is 1. The fourth-order valence-electron chi connectivity index (χ4n) is 6.17. The summed E-state index contributed by atoms with van der Waals surface area (Å²) in [7, 11) is 0. The van der Waals surface area contributed by atoms with Gasteiger partial charge in [-0.15, -0.1) is 20.7 Å². The summed E-state index contributed by atoms with van der Waals surface area (Å²) in [6.45, 7) is 1.18.